The number of aliphatic hydroxyl groups excluding tert-OH is 1. The molecule has 3 nitrogen and oxygen atoms in total. The number of hydrogen-bond acceptors (Lipinski definition) is 3. The monoisotopic (exact) mass is 211 g/mol. The van der Waals surface area contributed by atoms with Crippen molar-refractivity contribution < 1.29 is 9.84 Å². The first kappa shape index (κ1) is 10.1. The summed E-state index contributed by atoms with van der Waals surface area (Å²) in [6.07, 6.45) is 4.73. The second-order valence-corrected chi connectivity index (χ2v) is 5.33. The minimum Gasteiger partial charge on any atom is -0.391 e. The van der Waals surface area contributed by atoms with Gasteiger partial charge in [-0.3, -0.25) is 4.90 Å². The zero-order chi connectivity index (χ0) is 10.3. The summed E-state index contributed by atoms with van der Waals surface area (Å²) >= 11 is 0. The fraction of sp³-hybridized carbons (Fsp3) is 1.00. The molecule has 4 aliphatic rings. The summed E-state index contributed by atoms with van der Waals surface area (Å²) in [6, 6.07) is 0.401. The molecule has 4 rings (SSSR count). The van der Waals surface area contributed by atoms with Crippen molar-refractivity contribution in [2.45, 2.75) is 37.8 Å². The molecule has 4 fully saturated rings. The van der Waals surface area contributed by atoms with E-state index >= 15 is 0 Å². The average molecular weight is 211 g/mol. The largest absolute Gasteiger partial charge is 0.391 e. The van der Waals surface area contributed by atoms with Crippen molar-refractivity contribution in [3.05, 3.63) is 0 Å². The van der Waals surface area contributed by atoms with Crippen molar-refractivity contribution in [2.24, 2.45) is 11.8 Å². The highest BCUT2D eigenvalue weighted by Gasteiger charge is 2.44. The maximum Gasteiger partial charge on any atom is 0.0728 e. The Morgan fingerprint density at radius 3 is 2.47 bits per heavy atom. The van der Waals surface area contributed by atoms with Crippen molar-refractivity contribution in [3.63, 3.8) is 0 Å². The molecule has 2 bridgehead atoms. The Balaban J connectivity index is 1.73. The van der Waals surface area contributed by atoms with Crippen LogP contribution in [0.2, 0.25) is 0 Å². The molecule has 0 aromatic carbocycles. The van der Waals surface area contributed by atoms with Gasteiger partial charge < -0.3 is 9.84 Å². The third kappa shape index (κ3) is 1.71. The molecule has 0 aromatic heterocycles. The second-order valence-electron chi connectivity index (χ2n) is 5.33. The SMILES string of the molecule is OC1C2CCN(CC2)C1C1CCCOC1. The van der Waals surface area contributed by atoms with Crippen molar-refractivity contribution in [1.29, 1.82) is 0 Å². The van der Waals surface area contributed by atoms with Crippen molar-refractivity contribution in [1.82, 2.24) is 4.90 Å². The van der Waals surface area contributed by atoms with E-state index in [0.717, 1.165) is 13.2 Å². The van der Waals surface area contributed by atoms with Gasteiger partial charge in [-0.15, -0.1) is 0 Å². The first-order chi connectivity index (χ1) is 7.36. The van der Waals surface area contributed by atoms with Crippen LogP contribution in [-0.2, 0) is 4.74 Å². The van der Waals surface area contributed by atoms with Crippen LogP contribution in [0.1, 0.15) is 25.7 Å². The molecule has 4 heterocycles. The Bertz CT molecular complexity index is 218. The average Bonchev–Trinajstić information content (AvgIpc) is 2.31. The van der Waals surface area contributed by atoms with Crippen molar-refractivity contribution in [3.8, 4) is 0 Å². The lowest BCUT2D eigenvalue weighted by atomic mass is 9.75. The number of rotatable bonds is 1. The Hall–Kier alpha value is -0.120. The van der Waals surface area contributed by atoms with Gasteiger partial charge in [0.15, 0.2) is 0 Å². The molecule has 3 heteroatoms. The minimum atomic E-state index is -0.0841. The van der Waals surface area contributed by atoms with Gasteiger partial charge in [-0.25, -0.2) is 0 Å². The molecule has 4 saturated heterocycles. The van der Waals surface area contributed by atoms with Crippen LogP contribution in [0.3, 0.4) is 0 Å². The van der Waals surface area contributed by atoms with E-state index in [9.17, 15) is 5.11 Å². The smallest absolute Gasteiger partial charge is 0.0728 e. The fourth-order valence-corrected chi connectivity index (χ4v) is 3.67. The van der Waals surface area contributed by atoms with Crippen LogP contribution >= 0.6 is 0 Å². The first-order valence-corrected chi connectivity index (χ1v) is 6.36. The van der Waals surface area contributed by atoms with Crippen LogP contribution < -0.4 is 0 Å². The zero-order valence-electron chi connectivity index (χ0n) is 9.27. The van der Waals surface area contributed by atoms with E-state index in [0.29, 0.717) is 17.9 Å². The van der Waals surface area contributed by atoms with Gasteiger partial charge in [0.2, 0.25) is 0 Å². The number of hydrogen-bond donors (Lipinski definition) is 1. The van der Waals surface area contributed by atoms with Gasteiger partial charge in [-0.05, 0) is 44.7 Å². The molecule has 4 aliphatic heterocycles. The number of fused-ring (bicyclic) bond motifs is 3. The third-order valence-electron chi connectivity index (χ3n) is 4.51. The van der Waals surface area contributed by atoms with E-state index in [1.165, 1.54) is 38.8 Å². The lowest BCUT2D eigenvalue weighted by molar-refractivity contribution is -0.114. The Morgan fingerprint density at radius 2 is 1.87 bits per heavy atom. The Morgan fingerprint density at radius 1 is 1.07 bits per heavy atom. The Labute approximate surface area is 91.4 Å². The van der Waals surface area contributed by atoms with Crippen LogP contribution in [0.5, 0.6) is 0 Å². The van der Waals surface area contributed by atoms with Crippen LogP contribution in [0.15, 0.2) is 0 Å². The summed E-state index contributed by atoms with van der Waals surface area (Å²) in [5, 5.41) is 10.3. The number of ether oxygens (including phenoxy) is 1. The highest BCUT2D eigenvalue weighted by molar-refractivity contribution is 4.98. The summed E-state index contributed by atoms with van der Waals surface area (Å²) in [4.78, 5) is 2.50. The van der Waals surface area contributed by atoms with E-state index in [1.54, 1.807) is 0 Å². The molecule has 0 saturated carbocycles. The van der Waals surface area contributed by atoms with Gasteiger partial charge in [0.1, 0.15) is 0 Å². The first-order valence-electron chi connectivity index (χ1n) is 6.36. The number of piperidine rings is 3. The summed E-state index contributed by atoms with van der Waals surface area (Å²) in [5.74, 6) is 1.15. The molecule has 0 amide bonds. The van der Waals surface area contributed by atoms with E-state index in [-0.39, 0.29) is 6.10 Å². The quantitative estimate of drug-likeness (QED) is 0.698. The molecule has 0 aliphatic carbocycles. The minimum absolute atomic E-state index is 0.0841. The molecule has 0 aromatic rings. The Kier molecular flexibility index (Phi) is 2.71. The normalized spacial score (nSPS) is 50.6. The van der Waals surface area contributed by atoms with E-state index < -0.39 is 0 Å². The molecule has 3 unspecified atom stereocenters. The zero-order valence-corrected chi connectivity index (χ0v) is 9.27. The van der Waals surface area contributed by atoms with Crippen LogP contribution in [0, 0.1) is 11.8 Å². The third-order valence-corrected chi connectivity index (χ3v) is 4.51. The number of aliphatic hydroxyl groups is 1. The highest BCUT2D eigenvalue weighted by Crippen LogP contribution is 2.37. The lowest BCUT2D eigenvalue weighted by Crippen LogP contribution is -2.61. The molecule has 3 atom stereocenters. The van der Waals surface area contributed by atoms with Gasteiger partial charge >= 0.3 is 0 Å². The molecule has 86 valence electrons. The maximum absolute atomic E-state index is 10.3. The topological polar surface area (TPSA) is 32.7 Å². The molecular formula is C12H21NO2. The predicted molar refractivity (Wildman–Crippen MR) is 57.6 cm³/mol. The van der Waals surface area contributed by atoms with Crippen LogP contribution in [0.4, 0.5) is 0 Å². The highest BCUT2D eigenvalue weighted by atomic mass is 16.5. The van der Waals surface area contributed by atoms with Crippen molar-refractivity contribution in [2.75, 3.05) is 26.3 Å². The molecular weight excluding hydrogens is 190 g/mol. The summed E-state index contributed by atoms with van der Waals surface area (Å²) in [6.45, 7) is 4.18. The van der Waals surface area contributed by atoms with Crippen molar-refractivity contribution >= 4 is 0 Å². The standard InChI is InChI=1S/C12H21NO2/c14-12-9-3-5-13(6-4-9)11(12)10-2-1-7-15-8-10/h9-12,14H,1-8H2. The molecule has 1 N–H and O–H groups in total. The van der Waals surface area contributed by atoms with E-state index in [1.807, 2.05) is 0 Å². The van der Waals surface area contributed by atoms with E-state index in [2.05, 4.69) is 4.90 Å². The molecule has 15 heavy (non-hydrogen) atoms. The molecule has 0 spiro atoms. The number of nitrogens with zero attached hydrogens (tertiary/aromatic N) is 1. The van der Waals surface area contributed by atoms with Crippen LogP contribution in [-0.4, -0.2) is 48.5 Å². The van der Waals surface area contributed by atoms with Gasteiger partial charge in [0.05, 0.1) is 12.7 Å². The van der Waals surface area contributed by atoms with Gasteiger partial charge in [-0.1, -0.05) is 0 Å². The summed E-state index contributed by atoms with van der Waals surface area (Å²) in [5.41, 5.74) is 0. The van der Waals surface area contributed by atoms with Crippen LogP contribution in [0.25, 0.3) is 0 Å². The fourth-order valence-electron chi connectivity index (χ4n) is 3.67. The summed E-state index contributed by atoms with van der Waals surface area (Å²) < 4.78 is 5.55. The van der Waals surface area contributed by atoms with E-state index in [4.69, 9.17) is 4.74 Å². The molecule has 0 radical (unpaired) electrons. The summed E-state index contributed by atoms with van der Waals surface area (Å²) in [7, 11) is 0. The second kappa shape index (κ2) is 4.04. The maximum atomic E-state index is 10.3. The van der Waals surface area contributed by atoms with Gasteiger partial charge in [-0.2, -0.15) is 0 Å². The van der Waals surface area contributed by atoms with Gasteiger partial charge in [0.25, 0.3) is 0 Å². The lowest BCUT2D eigenvalue weighted by Gasteiger charge is -2.52. The predicted octanol–water partition coefficient (Wildman–Crippen LogP) is 0.868. The van der Waals surface area contributed by atoms with Gasteiger partial charge in [0, 0.05) is 18.6 Å².